The van der Waals surface area contributed by atoms with Crippen LogP contribution in [-0.2, 0) is 0 Å². The van der Waals surface area contributed by atoms with Gasteiger partial charge in [-0.15, -0.1) is 0 Å². The second-order valence-electron chi connectivity index (χ2n) is 4.02. The van der Waals surface area contributed by atoms with Gasteiger partial charge in [-0.2, -0.15) is 4.98 Å². The summed E-state index contributed by atoms with van der Waals surface area (Å²) in [4.78, 5) is 9.94. The maximum Gasteiger partial charge on any atom is 0.224 e. The van der Waals surface area contributed by atoms with E-state index in [9.17, 15) is 5.11 Å². The van der Waals surface area contributed by atoms with Crippen molar-refractivity contribution in [2.75, 3.05) is 18.1 Å². The molecule has 0 spiro atoms. The topological polar surface area (TPSA) is 49.2 Å². The number of aliphatic hydroxyl groups is 1. The number of nitrogens with zero attached hydrogens (tertiary/aromatic N) is 3. The van der Waals surface area contributed by atoms with E-state index in [1.165, 1.54) is 6.20 Å². The third-order valence-corrected chi connectivity index (χ3v) is 3.49. The monoisotopic (exact) mass is 261 g/mol. The highest BCUT2D eigenvalue weighted by molar-refractivity contribution is 6.33. The summed E-state index contributed by atoms with van der Waals surface area (Å²) in [5.41, 5.74) is 0. The first-order valence-electron chi connectivity index (χ1n) is 5.19. The Morgan fingerprint density at radius 3 is 3.00 bits per heavy atom. The van der Waals surface area contributed by atoms with Crippen LogP contribution in [0.25, 0.3) is 0 Å². The van der Waals surface area contributed by atoms with Gasteiger partial charge in [0, 0.05) is 6.54 Å². The van der Waals surface area contributed by atoms with Crippen molar-refractivity contribution < 1.29 is 5.11 Å². The van der Waals surface area contributed by atoms with Gasteiger partial charge in [0.15, 0.2) is 5.82 Å². The molecular weight excluding hydrogens is 249 g/mol. The number of rotatable bonds is 2. The third kappa shape index (κ3) is 2.10. The molecule has 2 rings (SSSR count). The van der Waals surface area contributed by atoms with Crippen LogP contribution in [0, 0.1) is 5.92 Å². The molecule has 6 heteroatoms. The van der Waals surface area contributed by atoms with Gasteiger partial charge < -0.3 is 10.0 Å². The molecule has 2 atom stereocenters. The lowest BCUT2D eigenvalue weighted by Crippen LogP contribution is -2.36. The molecule has 2 heterocycles. The fraction of sp³-hybridized carbons (Fsp3) is 0.600. The normalized spacial score (nSPS) is 25.1. The number of hydrogen-bond acceptors (Lipinski definition) is 4. The molecule has 0 aromatic carbocycles. The van der Waals surface area contributed by atoms with Gasteiger partial charge in [-0.1, -0.05) is 18.5 Å². The number of aliphatic hydroxyl groups excluding tert-OH is 1. The molecule has 1 aliphatic heterocycles. The van der Waals surface area contributed by atoms with E-state index in [1.54, 1.807) is 0 Å². The lowest BCUT2D eigenvalue weighted by atomic mass is 10.0. The van der Waals surface area contributed by atoms with Gasteiger partial charge in [-0.3, -0.25) is 0 Å². The van der Waals surface area contributed by atoms with Gasteiger partial charge in [0.2, 0.25) is 5.28 Å². The Morgan fingerprint density at radius 1 is 1.56 bits per heavy atom. The van der Waals surface area contributed by atoms with Crippen LogP contribution in [0.2, 0.25) is 10.3 Å². The fourth-order valence-corrected chi connectivity index (χ4v) is 2.42. The zero-order valence-corrected chi connectivity index (χ0v) is 10.4. The van der Waals surface area contributed by atoms with Crippen LogP contribution >= 0.6 is 23.2 Å². The summed E-state index contributed by atoms with van der Waals surface area (Å²) >= 11 is 11.8. The first-order chi connectivity index (χ1) is 7.63. The molecule has 1 aromatic heterocycles. The van der Waals surface area contributed by atoms with Crippen LogP contribution in [0.3, 0.4) is 0 Å². The predicted octanol–water partition coefficient (Wildman–Crippen LogP) is 1.99. The highest BCUT2D eigenvalue weighted by atomic mass is 35.5. The van der Waals surface area contributed by atoms with E-state index < -0.39 is 0 Å². The van der Waals surface area contributed by atoms with Gasteiger partial charge in [-0.25, -0.2) is 4.98 Å². The molecule has 1 aromatic rings. The standard InChI is InChI=1S/C10H13Cl2N3O/c1-6-2-3-15(8(6)5-16)9-7(11)4-13-10(12)14-9/h4,6,8,16H,2-3,5H2,1H3. The zero-order valence-electron chi connectivity index (χ0n) is 8.90. The first-order valence-corrected chi connectivity index (χ1v) is 5.94. The molecule has 1 aliphatic rings. The van der Waals surface area contributed by atoms with Crippen LogP contribution in [0.5, 0.6) is 0 Å². The van der Waals surface area contributed by atoms with Crippen molar-refractivity contribution in [2.24, 2.45) is 5.92 Å². The predicted molar refractivity (Wildman–Crippen MR) is 64.1 cm³/mol. The highest BCUT2D eigenvalue weighted by Gasteiger charge is 2.32. The summed E-state index contributed by atoms with van der Waals surface area (Å²) in [6.07, 6.45) is 2.51. The maximum absolute atomic E-state index is 9.37. The number of aromatic nitrogens is 2. The summed E-state index contributed by atoms with van der Waals surface area (Å²) in [6.45, 7) is 3.04. The summed E-state index contributed by atoms with van der Waals surface area (Å²) in [6, 6.07) is 0.0588. The highest BCUT2D eigenvalue weighted by Crippen LogP contribution is 2.32. The minimum Gasteiger partial charge on any atom is -0.394 e. The fourth-order valence-electron chi connectivity index (χ4n) is 2.09. The van der Waals surface area contributed by atoms with Gasteiger partial charge in [0.05, 0.1) is 18.8 Å². The number of halogens is 2. The Labute approximate surface area is 104 Å². The average Bonchev–Trinajstić information content (AvgIpc) is 2.63. The van der Waals surface area contributed by atoms with Crippen molar-refractivity contribution in [2.45, 2.75) is 19.4 Å². The molecule has 16 heavy (non-hydrogen) atoms. The SMILES string of the molecule is CC1CCN(c2nc(Cl)ncc2Cl)C1CO. The Morgan fingerprint density at radius 2 is 2.31 bits per heavy atom. The molecule has 0 bridgehead atoms. The molecule has 0 aliphatic carbocycles. The van der Waals surface area contributed by atoms with Gasteiger partial charge in [-0.05, 0) is 23.9 Å². The van der Waals surface area contributed by atoms with E-state index in [2.05, 4.69) is 16.9 Å². The van der Waals surface area contributed by atoms with Gasteiger partial charge in [0.1, 0.15) is 5.02 Å². The van der Waals surface area contributed by atoms with Gasteiger partial charge in [0.25, 0.3) is 0 Å². The summed E-state index contributed by atoms with van der Waals surface area (Å²) < 4.78 is 0. The quantitative estimate of drug-likeness (QED) is 0.828. The smallest absolute Gasteiger partial charge is 0.224 e. The minimum absolute atomic E-state index is 0.0588. The van der Waals surface area contributed by atoms with Crippen molar-refractivity contribution in [1.29, 1.82) is 0 Å². The van der Waals surface area contributed by atoms with E-state index in [0.717, 1.165) is 13.0 Å². The lowest BCUT2D eigenvalue weighted by Gasteiger charge is -2.26. The summed E-state index contributed by atoms with van der Waals surface area (Å²) in [5.74, 6) is 1.04. The maximum atomic E-state index is 9.37. The molecule has 2 unspecified atom stereocenters. The van der Waals surface area contributed by atoms with Crippen molar-refractivity contribution in [3.63, 3.8) is 0 Å². The van der Waals surface area contributed by atoms with Crippen LogP contribution < -0.4 is 4.90 Å². The Hall–Kier alpha value is -0.580. The molecule has 1 fully saturated rings. The van der Waals surface area contributed by atoms with Crippen molar-refractivity contribution >= 4 is 29.0 Å². The van der Waals surface area contributed by atoms with Crippen LogP contribution in [0.1, 0.15) is 13.3 Å². The van der Waals surface area contributed by atoms with Crippen LogP contribution in [-0.4, -0.2) is 34.3 Å². The Kier molecular flexibility index (Phi) is 3.52. The average molecular weight is 262 g/mol. The van der Waals surface area contributed by atoms with E-state index in [0.29, 0.717) is 16.8 Å². The minimum atomic E-state index is 0.0588. The van der Waals surface area contributed by atoms with Gasteiger partial charge >= 0.3 is 0 Å². The van der Waals surface area contributed by atoms with E-state index in [-0.39, 0.29) is 17.9 Å². The first kappa shape index (κ1) is 11.9. The van der Waals surface area contributed by atoms with Crippen LogP contribution in [0.15, 0.2) is 6.20 Å². The molecule has 1 N–H and O–H groups in total. The van der Waals surface area contributed by atoms with E-state index >= 15 is 0 Å². The van der Waals surface area contributed by atoms with E-state index in [4.69, 9.17) is 23.2 Å². The molecule has 1 saturated heterocycles. The molecule has 88 valence electrons. The zero-order chi connectivity index (χ0) is 11.7. The van der Waals surface area contributed by atoms with Crippen LogP contribution in [0.4, 0.5) is 5.82 Å². The third-order valence-electron chi connectivity index (χ3n) is 3.04. The van der Waals surface area contributed by atoms with Crippen molar-refractivity contribution in [1.82, 2.24) is 9.97 Å². The molecular formula is C10H13Cl2N3O. The second kappa shape index (κ2) is 4.73. The van der Waals surface area contributed by atoms with Crippen molar-refractivity contribution in [3.05, 3.63) is 16.5 Å². The molecule has 0 saturated carbocycles. The summed E-state index contributed by atoms with van der Waals surface area (Å²) in [7, 11) is 0. The Bertz CT molecular complexity index is 388. The summed E-state index contributed by atoms with van der Waals surface area (Å²) in [5, 5.41) is 10.0. The molecule has 0 amide bonds. The van der Waals surface area contributed by atoms with E-state index in [1.807, 2.05) is 4.90 Å². The second-order valence-corrected chi connectivity index (χ2v) is 4.77. The lowest BCUT2D eigenvalue weighted by molar-refractivity contribution is 0.244. The Balaban J connectivity index is 2.33. The molecule has 4 nitrogen and oxygen atoms in total. The number of hydrogen-bond donors (Lipinski definition) is 1. The largest absolute Gasteiger partial charge is 0.394 e. The number of anilines is 1. The van der Waals surface area contributed by atoms with Crippen molar-refractivity contribution in [3.8, 4) is 0 Å². The molecule has 0 radical (unpaired) electrons.